The van der Waals surface area contributed by atoms with E-state index in [1.165, 1.54) is 31.2 Å². The zero-order valence-corrected chi connectivity index (χ0v) is 16.3. The highest BCUT2D eigenvalue weighted by Crippen LogP contribution is 2.30. The van der Waals surface area contributed by atoms with Crippen molar-refractivity contribution in [3.8, 4) is 0 Å². The highest BCUT2D eigenvalue weighted by molar-refractivity contribution is 7.89. The lowest BCUT2D eigenvalue weighted by molar-refractivity contribution is -0.114. The van der Waals surface area contributed by atoms with E-state index in [-0.39, 0.29) is 24.0 Å². The Morgan fingerprint density at radius 3 is 2.46 bits per heavy atom. The van der Waals surface area contributed by atoms with Crippen LogP contribution in [0.5, 0.6) is 0 Å². The molecular formula is C17H23N3O7S. The Balaban J connectivity index is 1.62. The fraction of sp³-hybridized carbons (Fsp3) is 0.529. The van der Waals surface area contributed by atoms with Crippen LogP contribution >= 0.6 is 0 Å². The smallest absolute Gasteiger partial charge is 0.407 e. The number of carbonyl (C=O) groups is 2. The van der Waals surface area contributed by atoms with Crippen LogP contribution in [0.25, 0.3) is 0 Å². The number of rotatable bonds is 6. The van der Waals surface area contributed by atoms with E-state index in [9.17, 15) is 18.0 Å². The molecule has 2 amide bonds. The number of nitrogens with one attached hydrogen (secondary N) is 3. The van der Waals surface area contributed by atoms with Crippen molar-refractivity contribution >= 4 is 27.7 Å². The van der Waals surface area contributed by atoms with Crippen LogP contribution in [0, 0.1) is 0 Å². The third-order valence-corrected chi connectivity index (χ3v) is 5.88. The Labute approximate surface area is 163 Å². The highest BCUT2D eigenvalue weighted by atomic mass is 32.2. The number of carbonyl (C=O) groups excluding carboxylic acids is 2. The summed E-state index contributed by atoms with van der Waals surface area (Å²) in [6, 6.07) is 5.21. The molecule has 1 aromatic carbocycles. The van der Waals surface area contributed by atoms with Gasteiger partial charge in [0, 0.05) is 19.2 Å². The minimum atomic E-state index is -3.82. The molecule has 0 radical (unpaired) electrons. The van der Waals surface area contributed by atoms with E-state index in [4.69, 9.17) is 14.2 Å². The zero-order valence-electron chi connectivity index (χ0n) is 15.5. The van der Waals surface area contributed by atoms with Crippen LogP contribution in [0.2, 0.25) is 0 Å². The normalized spacial score (nSPS) is 26.5. The van der Waals surface area contributed by atoms with E-state index < -0.39 is 40.5 Å². The van der Waals surface area contributed by atoms with Crippen molar-refractivity contribution in [2.45, 2.75) is 43.1 Å². The van der Waals surface area contributed by atoms with E-state index in [0.717, 1.165) is 0 Å². The predicted molar refractivity (Wildman–Crippen MR) is 98.3 cm³/mol. The quantitative estimate of drug-likeness (QED) is 0.607. The average Bonchev–Trinajstić information content (AvgIpc) is 3.19. The lowest BCUT2D eigenvalue weighted by atomic mass is 10.1. The number of sulfonamides is 1. The molecule has 4 unspecified atom stereocenters. The monoisotopic (exact) mass is 413 g/mol. The summed E-state index contributed by atoms with van der Waals surface area (Å²) in [5.41, 5.74) is 0.500. The molecule has 3 rings (SSSR count). The Morgan fingerprint density at radius 1 is 1.14 bits per heavy atom. The first-order valence-corrected chi connectivity index (χ1v) is 10.4. The number of hydrogen-bond acceptors (Lipinski definition) is 7. The van der Waals surface area contributed by atoms with Gasteiger partial charge in [-0.05, 0) is 31.2 Å². The van der Waals surface area contributed by atoms with E-state index >= 15 is 0 Å². The number of ether oxygens (including phenoxy) is 3. The second-order valence-corrected chi connectivity index (χ2v) is 8.22. The number of benzene rings is 1. The van der Waals surface area contributed by atoms with Crippen LogP contribution in [0.3, 0.4) is 0 Å². The van der Waals surface area contributed by atoms with Crippen molar-refractivity contribution in [1.82, 2.24) is 10.0 Å². The third-order valence-electron chi connectivity index (χ3n) is 4.38. The summed E-state index contributed by atoms with van der Waals surface area (Å²) < 4.78 is 44.4. The lowest BCUT2D eigenvalue weighted by Crippen LogP contribution is -2.44. The molecule has 2 aliphatic heterocycles. The standard InChI is InChI=1S/C17H23N3O7S/c1-3-18-17(22)27-14-9-26-15-13(8-25-16(14)15)20-28(23,24)12-6-4-11(5-7-12)19-10(2)21/h4-7,13-16,20H,3,8-9H2,1-2H3,(H,18,22)(H,19,21). The van der Waals surface area contributed by atoms with Crippen LogP contribution in [0.4, 0.5) is 10.5 Å². The van der Waals surface area contributed by atoms with Crippen molar-refractivity contribution in [2.75, 3.05) is 25.1 Å². The summed E-state index contributed by atoms with van der Waals surface area (Å²) in [5.74, 6) is -0.245. The van der Waals surface area contributed by atoms with Crippen molar-refractivity contribution in [1.29, 1.82) is 0 Å². The summed E-state index contributed by atoms with van der Waals surface area (Å²) in [6.07, 6.45) is -2.24. The molecule has 2 saturated heterocycles. The molecule has 4 atom stereocenters. The molecule has 3 N–H and O–H groups in total. The topological polar surface area (TPSA) is 132 Å². The van der Waals surface area contributed by atoms with E-state index in [1.54, 1.807) is 6.92 Å². The van der Waals surface area contributed by atoms with Gasteiger partial charge in [-0.3, -0.25) is 4.79 Å². The molecule has 0 saturated carbocycles. The van der Waals surface area contributed by atoms with Gasteiger partial charge in [0.15, 0.2) is 6.10 Å². The van der Waals surface area contributed by atoms with Gasteiger partial charge in [-0.15, -0.1) is 0 Å². The molecule has 154 valence electrons. The number of hydrogen-bond donors (Lipinski definition) is 3. The molecule has 11 heteroatoms. The first-order chi connectivity index (χ1) is 13.3. The van der Waals surface area contributed by atoms with Gasteiger partial charge in [-0.2, -0.15) is 0 Å². The van der Waals surface area contributed by atoms with Crippen LogP contribution in [-0.4, -0.2) is 64.5 Å². The van der Waals surface area contributed by atoms with Gasteiger partial charge in [0.25, 0.3) is 0 Å². The first kappa shape index (κ1) is 20.5. The fourth-order valence-corrected chi connectivity index (χ4v) is 4.41. The van der Waals surface area contributed by atoms with Gasteiger partial charge < -0.3 is 24.8 Å². The summed E-state index contributed by atoms with van der Waals surface area (Å²) in [4.78, 5) is 22.7. The van der Waals surface area contributed by atoms with Crippen molar-refractivity contribution in [3.05, 3.63) is 24.3 Å². The summed E-state index contributed by atoms with van der Waals surface area (Å²) in [5, 5.41) is 5.10. The summed E-state index contributed by atoms with van der Waals surface area (Å²) >= 11 is 0. The van der Waals surface area contributed by atoms with Crippen LogP contribution in [0.15, 0.2) is 29.2 Å². The molecule has 2 heterocycles. The van der Waals surface area contributed by atoms with Crippen molar-refractivity contribution < 1.29 is 32.2 Å². The molecule has 1 aromatic rings. The van der Waals surface area contributed by atoms with Crippen molar-refractivity contribution in [2.24, 2.45) is 0 Å². The Kier molecular flexibility index (Phi) is 6.18. The molecule has 28 heavy (non-hydrogen) atoms. The summed E-state index contributed by atoms with van der Waals surface area (Å²) in [6.45, 7) is 3.82. The van der Waals surface area contributed by atoms with Gasteiger partial charge in [-0.25, -0.2) is 17.9 Å². The maximum atomic E-state index is 12.6. The number of amides is 2. The average molecular weight is 413 g/mol. The number of alkyl carbamates (subject to hydrolysis) is 1. The minimum absolute atomic E-state index is 0.0539. The maximum absolute atomic E-state index is 12.6. The predicted octanol–water partition coefficient (Wildman–Crippen LogP) is 0.204. The van der Waals surface area contributed by atoms with Gasteiger partial charge in [-0.1, -0.05) is 0 Å². The van der Waals surface area contributed by atoms with Crippen LogP contribution in [-0.2, 0) is 29.0 Å². The molecule has 0 aliphatic carbocycles. The lowest BCUT2D eigenvalue weighted by Gasteiger charge is -2.18. The van der Waals surface area contributed by atoms with Gasteiger partial charge in [0.05, 0.1) is 24.2 Å². The zero-order chi connectivity index (χ0) is 20.3. The second kappa shape index (κ2) is 8.43. The Bertz CT molecular complexity index is 828. The molecular weight excluding hydrogens is 390 g/mol. The molecule has 2 aliphatic rings. The van der Waals surface area contributed by atoms with Crippen LogP contribution < -0.4 is 15.4 Å². The third kappa shape index (κ3) is 4.61. The Morgan fingerprint density at radius 2 is 1.82 bits per heavy atom. The molecule has 10 nitrogen and oxygen atoms in total. The fourth-order valence-electron chi connectivity index (χ4n) is 3.18. The van der Waals surface area contributed by atoms with Crippen LogP contribution in [0.1, 0.15) is 13.8 Å². The van der Waals surface area contributed by atoms with E-state index in [0.29, 0.717) is 12.2 Å². The molecule has 0 bridgehead atoms. The number of anilines is 1. The number of fused-ring (bicyclic) bond motifs is 1. The van der Waals surface area contributed by atoms with E-state index in [2.05, 4.69) is 15.4 Å². The maximum Gasteiger partial charge on any atom is 0.407 e. The molecule has 0 spiro atoms. The van der Waals surface area contributed by atoms with Gasteiger partial charge in [0.2, 0.25) is 15.9 Å². The largest absolute Gasteiger partial charge is 0.441 e. The Hall–Kier alpha value is -2.21. The summed E-state index contributed by atoms with van der Waals surface area (Å²) in [7, 11) is -3.82. The minimum Gasteiger partial charge on any atom is -0.441 e. The second-order valence-electron chi connectivity index (χ2n) is 6.50. The SMILES string of the molecule is CCNC(=O)OC1COC2C(NS(=O)(=O)c3ccc(NC(C)=O)cc3)COC12. The van der Waals surface area contributed by atoms with E-state index in [1.807, 2.05) is 0 Å². The highest BCUT2D eigenvalue weighted by Gasteiger charge is 2.50. The van der Waals surface area contributed by atoms with Crippen molar-refractivity contribution in [3.63, 3.8) is 0 Å². The van der Waals surface area contributed by atoms with Gasteiger partial charge >= 0.3 is 6.09 Å². The van der Waals surface area contributed by atoms with Gasteiger partial charge in [0.1, 0.15) is 12.2 Å². The first-order valence-electron chi connectivity index (χ1n) is 8.88. The molecule has 2 fully saturated rings. The molecule has 0 aromatic heterocycles.